The normalized spacial score (nSPS) is 11.1. The fraction of sp³-hybridized carbons (Fsp3) is 0.423. The van der Waals surface area contributed by atoms with E-state index < -0.39 is 23.9 Å². The van der Waals surface area contributed by atoms with Crippen molar-refractivity contribution in [2.45, 2.75) is 98.1 Å². The second-order valence-electron chi connectivity index (χ2n) is 17.4. The lowest BCUT2D eigenvalue weighted by Crippen LogP contribution is -2.32. The maximum absolute atomic E-state index is 11.3. The van der Waals surface area contributed by atoms with Crippen LogP contribution in [-0.2, 0) is 103 Å². The van der Waals surface area contributed by atoms with E-state index in [-0.39, 0.29) is 101 Å². The molecule has 0 fully saturated rings. The van der Waals surface area contributed by atoms with Crippen molar-refractivity contribution < 1.29 is 63.7 Å². The summed E-state index contributed by atoms with van der Waals surface area (Å²) in [5.74, 6) is -3.21. The molecule has 0 aromatic carbocycles. The van der Waals surface area contributed by atoms with Gasteiger partial charge in [0.1, 0.15) is 6.04 Å². The van der Waals surface area contributed by atoms with Gasteiger partial charge in [0.2, 0.25) is 0 Å². The Morgan fingerprint density at radius 1 is 0.575 bits per heavy atom. The summed E-state index contributed by atoms with van der Waals surface area (Å²) in [6, 6.07) is 16.7. The fourth-order valence-corrected chi connectivity index (χ4v) is 6.46. The molecule has 5 heterocycles. The van der Waals surface area contributed by atoms with E-state index in [9.17, 15) is 24.0 Å². The Kier molecular flexibility index (Phi) is 67.2. The van der Waals surface area contributed by atoms with Gasteiger partial charge < -0.3 is 45.5 Å². The molecule has 14 atom stereocenters. The summed E-state index contributed by atoms with van der Waals surface area (Å²) in [5.41, 5.74) is 21.4. The number of rotatable bonds is 21. The summed E-state index contributed by atoms with van der Waals surface area (Å²) >= 11 is 5.71. The van der Waals surface area contributed by atoms with Crippen molar-refractivity contribution >= 4 is 151 Å². The zero-order chi connectivity index (χ0) is 64.6. The number of carbonyl (C=O) groups is 5. The van der Waals surface area contributed by atoms with Gasteiger partial charge in [0.05, 0.1) is 71.4 Å². The van der Waals surface area contributed by atoms with Crippen LogP contribution in [0.2, 0.25) is 0 Å². The van der Waals surface area contributed by atoms with Crippen LogP contribution < -0.4 is 5.73 Å². The molecule has 0 bridgehead atoms. The highest BCUT2D eigenvalue weighted by Crippen LogP contribution is 2.59. The number of ether oxygens (including phenoxy) is 3. The molecule has 0 saturated heterocycles. The quantitative estimate of drug-likeness (QED) is 0.00756. The van der Waals surface area contributed by atoms with Crippen molar-refractivity contribution in [2.24, 2.45) is 34.5 Å². The van der Waals surface area contributed by atoms with Crippen LogP contribution in [0.5, 0.6) is 0 Å². The van der Waals surface area contributed by atoms with E-state index in [4.69, 9.17) is 48.4 Å². The highest BCUT2D eigenvalue weighted by Gasteiger charge is 2.17. The first-order valence-corrected chi connectivity index (χ1v) is 39.0. The van der Waals surface area contributed by atoms with E-state index in [1.54, 1.807) is 88.0 Å². The number of hydrogen-bond donors (Lipinski definition) is 6. The maximum Gasteiger partial charge on any atom is 0.320 e. The Labute approximate surface area is 548 Å². The molecule has 87 heavy (non-hydrogen) atoms. The lowest BCUT2D eigenvalue weighted by Gasteiger charge is -2.08. The fourth-order valence-electron chi connectivity index (χ4n) is 6.30. The highest BCUT2D eigenvalue weighted by molar-refractivity contribution is 8.65. The summed E-state index contributed by atoms with van der Waals surface area (Å²) in [6.45, 7) is 7.31. The molecule has 0 saturated carbocycles. The first kappa shape index (κ1) is 95.7. The van der Waals surface area contributed by atoms with Gasteiger partial charge in [-0.25, -0.2) is 0 Å². The minimum absolute atomic E-state index is 0. The van der Waals surface area contributed by atoms with Gasteiger partial charge in [-0.05, 0) is 101 Å². The maximum atomic E-state index is 11.3. The number of carboxylic acid groups (broad SMARTS) is 2. The number of pyridine rings is 5. The number of aliphatic hydroxyl groups excluding tert-OH is 3. The predicted octanol–water partition coefficient (Wildman–Crippen LogP) is 9.98. The summed E-state index contributed by atoms with van der Waals surface area (Å²) < 4.78 is 13.9. The van der Waals surface area contributed by atoms with Gasteiger partial charge in [-0.15, -0.1) is 86.5 Å². The molecule has 0 aliphatic carbocycles. The lowest BCUT2D eigenvalue weighted by atomic mass is 10.0. The van der Waals surface area contributed by atoms with Crippen LogP contribution in [0.25, 0.3) is 10.4 Å². The van der Waals surface area contributed by atoms with Gasteiger partial charge in [0, 0.05) is 102 Å². The second-order valence-corrected chi connectivity index (χ2v) is 33.6. The van der Waals surface area contributed by atoms with Crippen molar-refractivity contribution in [3.63, 3.8) is 0 Å². The smallest absolute Gasteiger partial charge is 0.320 e. The van der Waals surface area contributed by atoms with Crippen molar-refractivity contribution in [3.8, 4) is 0 Å². The number of nitrogens with zero attached hydrogens (tertiary/aromatic N) is 8. The number of nitrogens with two attached hydrogens (primary N) is 1. The summed E-state index contributed by atoms with van der Waals surface area (Å²) in [5, 5.41) is 47.4. The predicted molar refractivity (Wildman–Crippen MR) is 388 cm³/mol. The number of methoxy groups -OCH3 is 3. The Bertz CT molecular complexity index is 2570. The van der Waals surface area contributed by atoms with Gasteiger partial charge >= 0.3 is 29.8 Å². The average molecular weight is 1460 g/mol. The molecule has 7 N–H and O–H groups in total. The number of aromatic nitrogens is 5. The van der Waals surface area contributed by atoms with E-state index >= 15 is 0 Å². The average Bonchev–Trinajstić information content (AvgIpc) is 3.66. The van der Waals surface area contributed by atoms with Crippen LogP contribution in [-0.4, -0.2) is 108 Å². The Hall–Kier alpha value is -2.44. The van der Waals surface area contributed by atoms with Gasteiger partial charge in [-0.3, -0.25) is 48.9 Å². The molecular formula is C52H90Cl2N9O13P11. The zero-order valence-corrected chi connectivity index (χ0v) is 64.3. The molecular weight excluding hydrogens is 1370 g/mol. The topological polar surface area (TPSA) is 353 Å². The van der Waals surface area contributed by atoms with E-state index in [1.165, 1.54) is 27.5 Å². The lowest BCUT2D eigenvalue weighted by molar-refractivity contribution is -0.145. The van der Waals surface area contributed by atoms with Gasteiger partial charge in [-0.1, -0.05) is 40.8 Å². The monoisotopic (exact) mass is 1460 g/mol. The highest BCUT2D eigenvalue weighted by atomic mass is 35.5. The van der Waals surface area contributed by atoms with Crippen LogP contribution in [0.1, 0.15) is 84.0 Å². The molecule has 9 unspecified atom stereocenters. The summed E-state index contributed by atoms with van der Waals surface area (Å²) in [7, 11) is 22.8. The number of alkyl halides is 1. The van der Waals surface area contributed by atoms with E-state index in [0.29, 0.717) is 55.1 Å². The Morgan fingerprint density at radius 2 is 0.828 bits per heavy atom. The van der Waals surface area contributed by atoms with E-state index in [1.807, 2.05) is 25.1 Å². The molecule has 0 aliphatic rings. The number of aliphatic carboxylic acids is 2. The minimum Gasteiger partial charge on any atom is -0.481 e. The molecule has 5 aromatic rings. The molecule has 0 radical (unpaired) electrons. The SMILES string of the molecule is COC(=O)[C@@H](C)Cc1cc(CCl)ccn1.COC(=O)[C@@H](C)Cc1cc(CN=[N+]=[N-])ccn1.COC(=O)[C@@H](C)Cc1cc(CO)ccn1.C[C@@H](Cc1cc(CO)ccn1)C(=O)O.Cl.N[C@@H](Cc1cc(CO)ccn1)C(=O)O.P.P.PP.PP(P)P.PPP. The minimum atomic E-state index is -1.05. The largest absolute Gasteiger partial charge is 0.481 e. The van der Waals surface area contributed by atoms with Crippen molar-refractivity contribution in [3.05, 3.63) is 158 Å². The Morgan fingerprint density at radius 3 is 1.08 bits per heavy atom. The summed E-state index contributed by atoms with van der Waals surface area (Å²) in [6.07, 6.45) is 10.3. The van der Waals surface area contributed by atoms with Crippen molar-refractivity contribution in [2.75, 3.05) is 21.3 Å². The molecule has 0 amide bonds. The number of hydrogen-bond acceptors (Lipinski definition) is 18. The van der Waals surface area contributed by atoms with Crippen molar-refractivity contribution in [1.82, 2.24) is 24.9 Å². The van der Waals surface area contributed by atoms with Gasteiger partial charge in [-0.2, -0.15) is 19.8 Å². The number of carbonyl (C=O) groups excluding carboxylic acids is 3. The molecule has 0 spiro atoms. The van der Waals surface area contributed by atoms with Crippen LogP contribution in [0, 0.1) is 23.7 Å². The molecule has 490 valence electrons. The van der Waals surface area contributed by atoms with Gasteiger partial charge in [0.25, 0.3) is 0 Å². The first-order valence-electron chi connectivity index (χ1n) is 25.0. The molecule has 22 nitrogen and oxygen atoms in total. The van der Waals surface area contributed by atoms with Crippen LogP contribution in [0.3, 0.4) is 0 Å². The number of aliphatic hydroxyl groups is 3. The first-order chi connectivity index (χ1) is 39.9. The summed E-state index contributed by atoms with van der Waals surface area (Å²) in [4.78, 5) is 77.8. The van der Waals surface area contributed by atoms with E-state index in [2.05, 4.69) is 112 Å². The third kappa shape index (κ3) is 49.9. The van der Waals surface area contributed by atoms with Crippen LogP contribution in [0.15, 0.2) is 96.8 Å². The molecule has 0 aliphatic heterocycles. The van der Waals surface area contributed by atoms with Crippen molar-refractivity contribution in [1.29, 1.82) is 0 Å². The molecule has 35 heteroatoms. The number of azide groups is 1. The van der Waals surface area contributed by atoms with E-state index in [0.717, 1.165) is 47.3 Å². The third-order valence-corrected chi connectivity index (χ3v) is 10.8. The van der Waals surface area contributed by atoms with Gasteiger partial charge in [0.15, 0.2) is 0 Å². The third-order valence-electron chi connectivity index (χ3n) is 10.5. The standard InChI is InChI=1S/C11H14ClNO2.C11H14N4O2.C11H15NO3.C10H13NO3.C9H12N2O3.ClH.H6P4.H5P3.H4P2.2H3P/c1-8(11(14)15-2)5-10-6-9(7-12)3-4-13-10;1-8(11(16)17-2)5-10-6-9(3-4-13-10)7-14-15-12;1-8(11(14)15-2)5-10-6-9(7-13)3-4-12-10;1-7(10(13)14)4-9-5-8(6-12)2-3-11-9;10-8(9(13)14)4-7-3-6(5-12)1-2-11-7;;1-4(2)3;1-3-2;1-2;;/h3-4,6,8H,5,7H2,1-2H3;3-4,6,8H,5,7H2,1-2H3;3-4,6,8,13H,5,7H2,1-2H3;2-3,5,7,12H,4,6H2,1H3,(H,13,14);1-3,8,12H,4-5,10H2,(H,13,14);1H;1-3H2;3H,1-2H2;1-2H2;2*1H3/t3*8-;7-;8-;;;;;;/m00000....../s1. The molecule has 5 aromatic heterocycles. The zero-order valence-electron chi connectivity index (χ0n) is 50.0. The second kappa shape index (κ2) is 61.1. The van der Waals surface area contributed by atoms with Crippen LogP contribution >= 0.6 is 121 Å². The van der Waals surface area contributed by atoms with Crippen LogP contribution in [0.4, 0.5) is 0 Å². The Balaban J connectivity index is -0.000000226. The number of carboxylic acids is 2. The number of halogens is 2. The molecule has 5 rings (SSSR count). The number of esters is 3.